The fourth-order valence-electron chi connectivity index (χ4n) is 2.45. The fourth-order valence-corrected chi connectivity index (χ4v) is 2.45. The molecule has 0 bridgehead atoms. The summed E-state index contributed by atoms with van der Waals surface area (Å²) >= 11 is 0. The summed E-state index contributed by atoms with van der Waals surface area (Å²) in [6.45, 7) is 1.83. The van der Waals surface area contributed by atoms with E-state index in [2.05, 4.69) is 10.3 Å². The van der Waals surface area contributed by atoms with Crippen LogP contribution in [0.15, 0.2) is 53.6 Å². The molecular weight excluding hydrogens is 309 g/mol. The molecule has 0 saturated heterocycles. The van der Waals surface area contributed by atoms with E-state index in [0.717, 1.165) is 5.56 Å². The molecule has 6 heteroatoms. The number of rotatable bonds is 4. The maximum absolute atomic E-state index is 13.2. The van der Waals surface area contributed by atoms with Crippen molar-refractivity contribution in [1.29, 1.82) is 0 Å². The van der Waals surface area contributed by atoms with Crippen LogP contribution in [0.5, 0.6) is 0 Å². The van der Waals surface area contributed by atoms with Crippen LogP contribution < -0.4 is 10.9 Å². The van der Waals surface area contributed by atoms with Gasteiger partial charge in [-0.2, -0.15) is 0 Å². The summed E-state index contributed by atoms with van der Waals surface area (Å²) < 4.78 is 14.5. The Morgan fingerprint density at radius 1 is 1.25 bits per heavy atom. The van der Waals surface area contributed by atoms with E-state index in [1.807, 2.05) is 0 Å². The molecule has 1 N–H and O–H groups in total. The van der Waals surface area contributed by atoms with E-state index in [-0.39, 0.29) is 30.4 Å². The van der Waals surface area contributed by atoms with Gasteiger partial charge in [0.2, 0.25) is 5.91 Å². The summed E-state index contributed by atoms with van der Waals surface area (Å²) in [6.07, 6.45) is 1.37. The van der Waals surface area contributed by atoms with E-state index in [1.54, 1.807) is 43.3 Å². The van der Waals surface area contributed by atoms with Crippen molar-refractivity contribution in [1.82, 2.24) is 14.9 Å². The lowest BCUT2D eigenvalue weighted by Crippen LogP contribution is -2.32. The van der Waals surface area contributed by atoms with Crippen molar-refractivity contribution in [2.24, 2.45) is 0 Å². The van der Waals surface area contributed by atoms with E-state index in [4.69, 9.17) is 0 Å². The molecule has 2 aromatic carbocycles. The second kappa shape index (κ2) is 6.62. The molecule has 1 aromatic heterocycles. The van der Waals surface area contributed by atoms with Gasteiger partial charge < -0.3 is 5.32 Å². The number of fused-ring (bicyclic) bond motifs is 1. The molecule has 0 spiro atoms. The first kappa shape index (κ1) is 15.9. The van der Waals surface area contributed by atoms with Gasteiger partial charge in [-0.05, 0) is 36.2 Å². The van der Waals surface area contributed by atoms with Gasteiger partial charge in [0, 0.05) is 6.54 Å². The minimum Gasteiger partial charge on any atom is -0.350 e. The molecule has 0 aliphatic rings. The third kappa shape index (κ3) is 3.32. The summed E-state index contributed by atoms with van der Waals surface area (Å²) in [5.41, 5.74) is 1.66. The monoisotopic (exact) mass is 325 g/mol. The number of nitrogens with one attached hydrogen (secondary N) is 1. The molecule has 3 aromatic rings. The predicted octanol–water partition coefficient (Wildman–Crippen LogP) is 2.16. The largest absolute Gasteiger partial charge is 0.350 e. The number of carbonyl (C=O) groups is 1. The number of benzene rings is 2. The van der Waals surface area contributed by atoms with Gasteiger partial charge in [0.25, 0.3) is 5.56 Å². The Bertz CT molecular complexity index is 966. The Balaban J connectivity index is 1.70. The van der Waals surface area contributed by atoms with Crippen molar-refractivity contribution >= 4 is 16.8 Å². The normalized spacial score (nSPS) is 10.8. The zero-order valence-electron chi connectivity index (χ0n) is 13.1. The van der Waals surface area contributed by atoms with E-state index in [1.165, 1.54) is 17.0 Å². The molecule has 1 heterocycles. The second-order valence-electron chi connectivity index (χ2n) is 5.56. The lowest BCUT2D eigenvalue weighted by atomic mass is 10.1. The summed E-state index contributed by atoms with van der Waals surface area (Å²) in [5, 5.41) is 3.19. The molecule has 0 aliphatic heterocycles. The van der Waals surface area contributed by atoms with E-state index in [0.29, 0.717) is 16.5 Å². The van der Waals surface area contributed by atoms with Crippen molar-refractivity contribution in [3.8, 4) is 0 Å². The molecule has 0 radical (unpaired) electrons. The highest BCUT2D eigenvalue weighted by Crippen LogP contribution is 2.09. The van der Waals surface area contributed by atoms with Gasteiger partial charge in [0.1, 0.15) is 12.4 Å². The van der Waals surface area contributed by atoms with Crippen LogP contribution in [-0.4, -0.2) is 15.5 Å². The van der Waals surface area contributed by atoms with Crippen molar-refractivity contribution in [3.05, 3.63) is 76.1 Å². The Morgan fingerprint density at radius 2 is 2.04 bits per heavy atom. The molecule has 1 amide bonds. The molecule has 24 heavy (non-hydrogen) atoms. The van der Waals surface area contributed by atoms with Crippen LogP contribution >= 0.6 is 0 Å². The molecule has 5 nitrogen and oxygen atoms in total. The summed E-state index contributed by atoms with van der Waals surface area (Å²) in [7, 11) is 0. The molecule has 0 aliphatic carbocycles. The highest BCUT2D eigenvalue weighted by Gasteiger charge is 2.08. The smallest absolute Gasteiger partial charge is 0.261 e. The van der Waals surface area contributed by atoms with Gasteiger partial charge in [-0.3, -0.25) is 14.2 Å². The second-order valence-corrected chi connectivity index (χ2v) is 5.56. The number of aryl methyl sites for hydroxylation is 1. The number of carbonyl (C=O) groups excluding carboxylic acids is 1. The third-order valence-corrected chi connectivity index (χ3v) is 3.76. The molecular formula is C18H16FN3O2. The number of hydrogen-bond donors (Lipinski definition) is 1. The maximum atomic E-state index is 13.2. The lowest BCUT2D eigenvalue weighted by molar-refractivity contribution is -0.121. The molecule has 0 unspecified atom stereocenters. The average molecular weight is 325 g/mol. The average Bonchev–Trinajstić information content (AvgIpc) is 2.59. The summed E-state index contributed by atoms with van der Waals surface area (Å²) in [5.74, 6) is -0.588. The van der Waals surface area contributed by atoms with Crippen molar-refractivity contribution in [3.63, 3.8) is 0 Å². The molecule has 122 valence electrons. The first-order chi connectivity index (χ1) is 11.5. The van der Waals surface area contributed by atoms with Crippen LogP contribution in [-0.2, 0) is 17.9 Å². The Hall–Kier alpha value is -3.02. The van der Waals surface area contributed by atoms with Gasteiger partial charge in [-0.1, -0.05) is 24.3 Å². The van der Waals surface area contributed by atoms with E-state index >= 15 is 0 Å². The number of halogens is 1. The third-order valence-electron chi connectivity index (χ3n) is 3.76. The van der Waals surface area contributed by atoms with Crippen LogP contribution in [0.25, 0.3) is 10.9 Å². The van der Waals surface area contributed by atoms with Gasteiger partial charge in [0.15, 0.2) is 0 Å². The summed E-state index contributed by atoms with van der Waals surface area (Å²) in [6, 6.07) is 11.7. The van der Waals surface area contributed by atoms with E-state index < -0.39 is 0 Å². The van der Waals surface area contributed by atoms with Gasteiger partial charge in [0.05, 0.1) is 17.2 Å². The van der Waals surface area contributed by atoms with Crippen LogP contribution in [0.3, 0.4) is 0 Å². The predicted molar refractivity (Wildman–Crippen MR) is 89.0 cm³/mol. The topological polar surface area (TPSA) is 64.0 Å². The van der Waals surface area contributed by atoms with Crippen LogP contribution in [0, 0.1) is 12.7 Å². The number of hydrogen-bond acceptors (Lipinski definition) is 3. The highest BCUT2D eigenvalue weighted by atomic mass is 19.1. The minimum atomic E-state index is -0.309. The van der Waals surface area contributed by atoms with Crippen LogP contribution in [0.2, 0.25) is 0 Å². The Labute approximate surface area is 137 Å². The van der Waals surface area contributed by atoms with Crippen molar-refractivity contribution in [2.75, 3.05) is 0 Å². The van der Waals surface area contributed by atoms with Gasteiger partial charge in [-0.15, -0.1) is 0 Å². The molecule has 0 fully saturated rings. The minimum absolute atomic E-state index is 0.114. The van der Waals surface area contributed by atoms with Crippen molar-refractivity contribution < 1.29 is 9.18 Å². The Kier molecular flexibility index (Phi) is 4.37. The molecule has 3 rings (SSSR count). The summed E-state index contributed by atoms with van der Waals surface area (Å²) in [4.78, 5) is 28.6. The first-order valence-corrected chi connectivity index (χ1v) is 7.50. The van der Waals surface area contributed by atoms with Gasteiger partial charge >= 0.3 is 0 Å². The first-order valence-electron chi connectivity index (χ1n) is 7.50. The number of para-hydroxylation sites is 1. The quantitative estimate of drug-likeness (QED) is 0.799. The van der Waals surface area contributed by atoms with Gasteiger partial charge in [-0.25, -0.2) is 9.37 Å². The highest BCUT2D eigenvalue weighted by molar-refractivity contribution is 5.78. The molecule has 0 atom stereocenters. The van der Waals surface area contributed by atoms with Crippen LogP contribution in [0.1, 0.15) is 11.1 Å². The standard InChI is InChI=1S/C18H16FN3O2/c1-12-8-13(6-7-15(12)19)9-20-17(23)10-22-11-21-16-5-3-2-4-14(16)18(22)24/h2-8,11H,9-10H2,1H3,(H,20,23). The zero-order valence-corrected chi connectivity index (χ0v) is 13.1. The van der Waals surface area contributed by atoms with Crippen LogP contribution in [0.4, 0.5) is 4.39 Å². The number of aromatic nitrogens is 2. The zero-order chi connectivity index (χ0) is 17.1. The SMILES string of the molecule is Cc1cc(CNC(=O)Cn2cnc3ccccc3c2=O)ccc1F. The van der Waals surface area contributed by atoms with E-state index in [9.17, 15) is 14.0 Å². The number of amides is 1. The lowest BCUT2D eigenvalue weighted by Gasteiger charge is -2.09. The fraction of sp³-hybridized carbons (Fsp3) is 0.167. The van der Waals surface area contributed by atoms with Crippen molar-refractivity contribution in [2.45, 2.75) is 20.0 Å². The maximum Gasteiger partial charge on any atom is 0.261 e. The molecule has 0 saturated carbocycles. The number of nitrogens with zero attached hydrogens (tertiary/aromatic N) is 2. The Morgan fingerprint density at radius 3 is 2.83 bits per heavy atom.